The zero-order valence-corrected chi connectivity index (χ0v) is 20.6. The summed E-state index contributed by atoms with van der Waals surface area (Å²) in [6.45, 7) is 12.5. The van der Waals surface area contributed by atoms with Gasteiger partial charge in [0.05, 0.1) is 12.7 Å². The normalized spacial score (nSPS) is 16.5. The maximum Gasteiger partial charge on any atom is 0.338 e. The summed E-state index contributed by atoms with van der Waals surface area (Å²) in [6.07, 6.45) is 3.60. The minimum absolute atomic E-state index is 0.0401. The second kappa shape index (κ2) is 9.84. The van der Waals surface area contributed by atoms with Gasteiger partial charge in [-0.2, -0.15) is 0 Å². The Morgan fingerprint density at radius 2 is 1.56 bits per heavy atom. The molecule has 6 heteroatoms. The lowest BCUT2D eigenvalue weighted by atomic mass is 9.63. The largest absolute Gasteiger partial charge is 0.467 e. The fraction of sp³-hybridized carbons (Fsp3) is 0.393. The minimum atomic E-state index is -0.958. The van der Waals surface area contributed by atoms with Crippen LogP contribution in [0.25, 0.3) is 0 Å². The van der Waals surface area contributed by atoms with E-state index in [2.05, 4.69) is 45.7 Å². The number of esters is 2. The molecule has 1 amide bonds. The van der Waals surface area contributed by atoms with Gasteiger partial charge in [-0.25, -0.2) is 9.59 Å². The summed E-state index contributed by atoms with van der Waals surface area (Å²) in [5.41, 5.74) is 3.77. The van der Waals surface area contributed by atoms with Crippen molar-refractivity contribution in [3.63, 3.8) is 0 Å². The number of hydrogen-bond acceptors (Lipinski definition) is 5. The third-order valence-corrected chi connectivity index (χ3v) is 6.64. The van der Waals surface area contributed by atoms with Gasteiger partial charge >= 0.3 is 11.9 Å². The highest BCUT2D eigenvalue weighted by Gasteiger charge is 2.38. The van der Waals surface area contributed by atoms with Crippen molar-refractivity contribution in [1.82, 2.24) is 5.32 Å². The molecule has 1 N–H and O–H groups in total. The molecule has 34 heavy (non-hydrogen) atoms. The quantitative estimate of drug-likeness (QED) is 0.460. The van der Waals surface area contributed by atoms with Gasteiger partial charge in [-0.05, 0) is 64.6 Å². The van der Waals surface area contributed by atoms with Crippen LogP contribution in [-0.4, -0.2) is 31.6 Å². The molecule has 1 aliphatic rings. The first-order valence-electron chi connectivity index (χ1n) is 11.4. The second-order valence-corrected chi connectivity index (χ2v) is 9.97. The maximum absolute atomic E-state index is 13.0. The number of rotatable bonds is 7. The molecule has 3 rings (SSSR count). The SMILES string of the molecule is C=CCOC(=O)c1ccc(C(=O)NC(C(=O)OC)c2ccc3c(c2)C(C)(C)CCC3(C)C)cc1. The summed E-state index contributed by atoms with van der Waals surface area (Å²) in [7, 11) is 1.30. The van der Waals surface area contributed by atoms with Crippen LogP contribution >= 0.6 is 0 Å². The monoisotopic (exact) mass is 463 g/mol. The van der Waals surface area contributed by atoms with Crippen LogP contribution in [0.15, 0.2) is 55.1 Å². The van der Waals surface area contributed by atoms with E-state index < -0.39 is 23.9 Å². The maximum atomic E-state index is 13.0. The van der Waals surface area contributed by atoms with E-state index in [0.29, 0.717) is 16.7 Å². The smallest absolute Gasteiger partial charge is 0.338 e. The summed E-state index contributed by atoms with van der Waals surface area (Å²) in [6, 6.07) is 11.1. The second-order valence-electron chi connectivity index (χ2n) is 9.97. The van der Waals surface area contributed by atoms with Gasteiger partial charge in [0.25, 0.3) is 5.91 Å². The van der Waals surface area contributed by atoms with Crippen LogP contribution in [0.5, 0.6) is 0 Å². The van der Waals surface area contributed by atoms with E-state index in [1.54, 1.807) is 0 Å². The average Bonchev–Trinajstić information content (AvgIpc) is 2.83. The number of carbonyl (C=O) groups excluding carboxylic acids is 3. The Labute approximate surface area is 201 Å². The minimum Gasteiger partial charge on any atom is -0.467 e. The van der Waals surface area contributed by atoms with Crippen molar-refractivity contribution in [2.45, 2.75) is 57.4 Å². The first kappa shape index (κ1) is 25.2. The summed E-state index contributed by atoms with van der Waals surface area (Å²) in [5.74, 6) is -1.50. The molecule has 0 saturated carbocycles. The van der Waals surface area contributed by atoms with Crippen LogP contribution < -0.4 is 5.32 Å². The van der Waals surface area contributed by atoms with E-state index in [-0.39, 0.29) is 17.4 Å². The topological polar surface area (TPSA) is 81.7 Å². The van der Waals surface area contributed by atoms with Crippen LogP contribution in [-0.2, 0) is 25.1 Å². The molecule has 2 aromatic carbocycles. The molecule has 0 bridgehead atoms. The van der Waals surface area contributed by atoms with Gasteiger partial charge in [-0.1, -0.05) is 58.5 Å². The Kier molecular flexibility index (Phi) is 7.29. The third kappa shape index (κ3) is 5.22. The van der Waals surface area contributed by atoms with Crippen LogP contribution in [0, 0.1) is 0 Å². The van der Waals surface area contributed by atoms with Gasteiger partial charge in [-0.15, -0.1) is 0 Å². The molecule has 0 radical (unpaired) electrons. The average molecular weight is 464 g/mol. The highest BCUT2D eigenvalue weighted by atomic mass is 16.5. The van der Waals surface area contributed by atoms with Crippen molar-refractivity contribution in [3.8, 4) is 0 Å². The van der Waals surface area contributed by atoms with E-state index >= 15 is 0 Å². The van der Waals surface area contributed by atoms with Crippen molar-refractivity contribution >= 4 is 17.8 Å². The number of carbonyl (C=O) groups is 3. The molecule has 1 unspecified atom stereocenters. The van der Waals surface area contributed by atoms with E-state index in [1.807, 2.05) is 12.1 Å². The first-order chi connectivity index (χ1) is 16.0. The fourth-order valence-corrected chi connectivity index (χ4v) is 4.37. The number of amides is 1. The van der Waals surface area contributed by atoms with Gasteiger partial charge in [-0.3, -0.25) is 4.79 Å². The van der Waals surface area contributed by atoms with Gasteiger partial charge in [0.2, 0.25) is 0 Å². The van der Waals surface area contributed by atoms with Crippen molar-refractivity contribution in [2.75, 3.05) is 13.7 Å². The highest BCUT2D eigenvalue weighted by molar-refractivity contribution is 5.98. The Morgan fingerprint density at radius 1 is 0.971 bits per heavy atom. The lowest BCUT2D eigenvalue weighted by Gasteiger charge is -2.42. The molecule has 0 aliphatic heterocycles. The van der Waals surface area contributed by atoms with Crippen molar-refractivity contribution in [2.24, 2.45) is 0 Å². The molecule has 0 saturated heterocycles. The molecule has 0 spiro atoms. The molecule has 1 atom stereocenters. The number of benzene rings is 2. The zero-order valence-electron chi connectivity index (χ0n) is 20.6. The summed E-state index contributed by atoms with van der Waals surface area (Å²) in [4.78, 5) is 37.6. The molecular weight excluding hydrogens is 430 g/mol. The summed E-state index contributed by atoms with van der Waals surface area (Å²) in [5, 5.41) is 2.80. The number of hydrogen-bond donors (Lipinski definition) is 1. The lowest BCUT2D eigenvalue weighted by Crippen LogP contribution is -2.37. The van der Waals surface area contributed by atoms with Crippen molar-refractivity contribution in [3.05, 3.63) is 82.9 Å². The van der Waals surface area contributed by atoms with E-state index in [0.717, 1.165) is 12.8 Å². The van der Waals surface area contributed by atoms with Crippen molar-refractivity contribution in [1.29, 1.82) is 0 Å². The molecule has 180 valence electrons. The summed E-state index contributed by atoms with van der Waals surface area (Å²) >= 11 is 0. The van der Waals surface area contributed by atoms with E-state index in [9.17, 15) is 14.4 Å². The predicted molar refractivity (Wildman–Crippen MR) is 131 cm³/mol. The van der Waals surface area contributed by atoms with E-state index in [1.165, 1.54) is 48.6 Å². The van der Waals surface area contributed by atoms with Crippen LogP contribution in [0.1, 0.15) is 84.0 Å². The van der Waals surface area contributed by atoms with Gasteiger partial charge in [0.1, 0.15) is 6.61 Å². The van der Waals surface area contributed by atoms with E-state index in [4.69, 9.17) is 9.47 Å². The Balaban J connectivity index is 1.88. The molecule has 6 nitrogen and oxygen atoms in total. The summed E-state index contributed by atoms with van der Waals surface area (Å²) < 4.78 is 10.0. The zero-order chi connectivity index (χ0) is 25.1. The van der Waals surface area contributed by atoms with Crippen molar-refractivity contribution < 1.29 is 23.9 Å². The molecule has 2 aromatic rings. The first-order valence-corrected chi connectivity index (χ1v) is 11.4. The Hall–Kier alpha value is -3.41. The Morgan fingerprint density at radius 3 is 2.15 bits per heavy atom. The molecule has 0 heterocycles. The van der Waals surface area contributed by atoms with Crippen LogP contribution in [0.2, 0.25) is 0 Å². The molecule has 1 aliphatic carbocycles. The fourth-order valence-electron chi connectivity index (χ4n) is 4.37. The molecular formula is C28H33NO5. The van der Waals surface area contributed by atoms with Gasteiger partial charge in [0, 0.05) is 5.56 Å². The lowest BCUT2D eigenvalue weighted by molar-refractivity contribution is -0.143. The molecule has 0 fully saturated rings. The van der Waals surface area contributed by atoms with Crippen LogP contribution in [0.3, 0.4) is 0 Å². The number of nitrogens with one attached hydrogen (secondary N) is 1. The Bertz CT molecular complexity index is 1100. The highest BCUT2D eigenvalue weighted by Crippen LogP contribution is 2.46. The van der Waals surface area contributed by atoms with Crippen LogP contribution in [0.4, 0.5) is 0 Å². The standard InChI is InChI=1S/C28H33NO5/c1-7-16-34-25(31)19-10-8-18(9-11-19)24(30)29-23(26(32)33-6)20-12-13-21-22(17-20)28(4,5)15-14-27(21,2)3/h7-13,17,23H,1,14-16H2,2-6H3,(H,29,30). The predicted octanol–water partition coefficient (Wildman–Crippen LogP) is 5.02. The van der Waals surface area contributed by atoms with Gasteiger partial charge in [0.15, 0.2) is 6.04 Å². The number of fused-ring (bicyclic) bond motifs is 1. The van der Waals surface area contributed by atoms with Gasteiger partial charge < -0.3 is 14.8 Å². The number of ether oxygens (including phenoxy) is 2. The number of methoxy groups -OCH3 is 1. The molecule has 0 aromatic heterocycles. The third-order valence-electron chi connectivity index (χ3n) is 6.64.